The normalized spacial score (nSPS) is 16.4. The van der Waals surface area contributed by atoms with Gasteiger partial charge in [-0.3, -0.25) is 14.6 Å². The molecule has 1 atom stereocenters. The molecule has 38 heavy (non-hydrogen) atoms. The quantitative estimate of drug-likeness (QED) is 0.182. The minimum Gasteiger partial charge on any atom is -0.507 e. The lowest BCUT2D eigenvalue weighted by atomic mass is 9.95. The van der Waals surface area contributed by atoms with Crippen LogP contribution in [-0.4, -0.2) is 33.3 Å². The van der Waals surface area contributed by atoms with Crippen LogP contribution in [0.3, 0.4) is 0 Å². The number of likely N-dealkylation sites (tertiary alicyclic amines) is 1. The van der Waals surface area contributed by atoms with Crippen LogP contribution in [0, 0.1) is 0 Å². The van der Waals surface area contributed by atoms with Gasteiger partial charge in [-0.1, -0.05) is 48.5 Å². The first-order valence-electron chi connectivity index (χ1n) is 12.3. The first kappa shape index (κ1) is 24.8. The van der Waals surface area contributed by atoms with Crippen molar-refractivity contribution in [3.63, 3.8) is 0 Å². The highest BCUT2D eigenvalue weighted by Crippen LogP contribution is 2.41. The molecule has 1 N–H and O–H groups in total. The van der Waals surface area contributed by atoms with Crippen LogP contribution in [0.1, 0.15) is 29.7 Å². The van der Waals surface area contributed by atoms with Crippen molar-refractivity contribution in [1.29, 1.82) is 0 Å². The highest BCUT2D eigenvalue weighted by Gasteiger charge is 2.46. The third-order valence-electron chi connectivity index (χ3n) is 6.19. The summed E-state index contributed by atoms with van der Waals surface area (Å²) < 4.78 is 11.6. The molecule has 5 rings (SSSR count). The molecule has 0 radical (unpaired) electrons. The number of benzene rings is 3. The van der Waals surface area contributed by atoms with Gasteiger partial charge in [-0.15, -0.1) is 0 Å². The van der Waals surface area contributed by atoms with E-state index in [0.29, 0.717) is 35.0 Å². The van der Waals surface area contributed by atoms with Crippen molar-refractivity contribution in [3.8, 4) is 17.2 Å². The summed E-state index contributed by atoms with van der Waals surface area (Å²) in [5.74, 6) is 0.0260. The lowest BCUT2D eigenvalue weighted by molar-refractivity contribution is -0.140. The number of hydrogen-bond acceptors (Lipinski definition) is 6. The van der Waals surface area contributed by atoms with Crippen LogP contribution < -0.4 is 9.47 Å². The maximum atomic E-state index is 13.4. The molecule has 0 bridgehead atoms. The Morgan fingerprint density at radius 2 is 1.66 bits per heavy atom. The fourth-order valence-electron chi connectivity index (χ4n) is 4.51. The van der Waals surface area contributed by atoms with Gasteiger partial charge in [0.25, 0.3) is 11.7 Å². The number of carbonyl (C=O) groups excluding carboxylic acids is 2. The summed E-state index contributed by atoms with van der Waals surface area (Å²) in [7, 11) is 0. The molecule has 3 aromatic carbocycles. The number of para-hydroxylation sites is 1. The number of aromatic nitrogens is 1. The number of nitrogens with zero attached hydrogens (tertiary/aromatic N) is 2. The summed E-state index contributed by atoms with van der Waals surface area (Å²) in [4.78, 5) is 32.3. The fraction of sp³-hybridized carbons (Fsp3) is 0.129. The third kappa shape index (κ3) is 5.13. The van der Waals surface area contributed by atoms with Crippen LogP contribution in [0.5, 0.6) is 17.2 Å². The Kier molecular flexibility index (Phi) is 7.17. The molecule has 1 unspecified atom stereocenters. The van der Waals surface area contributed by atoms with Crippen LogP contribution in [0.4, 0.5) is 0 Å². The standard InChI is InChI=1S/C31H26N2O5/c1-2-37-25-14-7-11-23(18-25)29(34)27-28(33(31(36)30(27)35)20-21-9-8-16-32-19-21)22-10-6-15-26(17-22)38-24-12-4-3-5-13-24/h3-19,28,34H,2,20H2,1H3/b29-27-. The van der Waals surface area contributed by atoms with E-state index in [4.69, 9.17) is 9.47 Å². The van der Waals surface area contributed by atoms with Crippen molar-refractivity contribution in [3.05, 3.63) is 126 Å². The summed E-state index contributed by atoms with van der Waals surface area (Å²) in [6.07, 6.45) is 3.29. The number of aliphatic hydroxyl groups is 1. The first-order chi connectivity index (χ1) is 18.5. The zero-order valence-electron chi connectivity index (χ0n) is 20.8. The fourth-order valence-corrected chi connectivity index (χ4v) is 4.51. The molecule has 0 saturated carbocycles. The second-order valence-electron chi connectivity index (χ2n) is 8.74. The summed E-state index contributed by atoms with van der Waals surface area (Å²) in [5.41, 5.74) is 1.78. The van der Waals surface area contributed by atoms with Crippen LogP contribution >= 0.6 is 0 Å². The molecule has 1 fully saturated rings. The number of amides is 1. The van der Waals surface area contributed by atoms with Gasteiger partial charge in [0.05, 0.1) is 18.2 Å². The van der Waals surface area contributed by atoms with Gasteiger partial charge < -0.3 is 19.5 Å². The van der Waals surface area contributed by atoms with E-state index < -0.39 is 17.7 Å². The average Bonchev–Trinajstić information content (AvgIpc) is 3.19. The number of Topliss-reactive ketones (excluding diaryl/α,β-unsaturated/α-hetero) is 1. The monoisotopic (exact) mass is 506 g/mol. The molecule has 7 heteroatoms. The predicted octanol–water partition coefficient (Wildman–Crippen LogP) is 5.89. The smallest absolute Gasteiger partial charge is 0.295 e. The molecule has 7 nitrogen and oxygen atoms in total. The maximum absolute atomic E-state index is 13.4. The molecule has 1 amide bonds. The van der Waals surface area contributed by atoms with Crippen molar-refractivity contribution in [1.82, 2.24) is 9.88 Å². The lowest BCUT2D eigenvalue weighted by Gasteiger charge is -2.25. The summed E-state index contributed by atoms with van der Waals surface area (Å²) in [6, 6.07) is 26.1. The number of ketones is 1. The molecule has 190 valence electrons. The Hall–Kier alpha value is -4.91. The van der Waals surface area contributed by atoms with Gasteiger partial charge in [-0.25, -0.2) is 0 Å². The molecule has 1 aliphatic heterocycles. The number of aliphatic hydroxyl groups excluding tert-OH is 1. The zero-order chi connectivity index (χ0) is 26.5. The maximum Gasteiger partial charge on any atom is 0.295 e. The van der Waals surface area contributed by atoms with E-state index in [1.165, 1.54) is 4.90 Å². The second-order valence-corrected chi connectivity index (χ2v) is 8.74. The molecule has 0 aliphatic carbocycles. The van der Waals surface area contributed by atoms with Gasteiger partial charge in [-0.05, 0) is 60.5 Å². The SMILES string of the molecule is CCOc1cccc(/C(O)=C2/C(=O)C(=O)N(Cc3cccnc3)C2c2cccc(Oc3ccccc3)c2)c1. The Labute approximate surface area is 220 Å². The minimum absolute atomic E-state index is 0.00407. The summed E-state index contributed by atoms with van der Waals surface area (Å²) in [6.45, 7) is 2.46. The molecule has 0 spiro atoms. The predicted molar refractivity (Wildman–Crippen MR) is 143 cm³/mol. The topological polar surface area (TPSA) is 89.0 Å². The Morgan fingerprint density at radius 1 is 0.895 bits per heavy atom. The summed E-state index contributed by atoms with van der Waals surface area (Å²) >= 11 is 0. The van der Waals surface area contributed by atoms with Crippen molar-refractivity contribution in [2.45, 2.75) is 19.5 Å². The summed E-state index contributed by atoms with van der Waals surface area (Å²) in [5, 5.41) is 11.4. The minimum atomic E-state index is -0.842. The Balaban J connectivity index is 1.61. The number of pyridine rings is 1. The highest BCUT2D eigenvalue weighted by molar-refractivity contribution is 6.46. The van der Waals surface area contributed by atoms with Gasteiger partial charge in [0.1, 0.15) is 23.0 Å². The van der Waals surface area contributed by atoms with E-state index in [1.807, 2.05) is 49.4 Å². The molecule has 1 aliphatic rings. The van der Waals surface area contributed by atoms with Gasteiger partial charge in [-0.2, -0.15) is 0 Å². The van der Waals surface area contributed by atoms with Crippen molar-refractivity contribution in [2.75, 3.05) is 6.61 Å². The average molecular weight is 507 g/mol. The van der Waals surface area contributed by atoms with E-state index in [9.17, 15) is 14.7 Å². The highest BCUT2D eigenvalue weighted by atomic mass is 16.5. The third-order valence-corrected chi connectivity index (χ3v) is 6.19. The van der Waals surface area contributed by atoms with Crippen molar-refractivity contribution < 1.29 is 24.2 Å². The molecular weight excluding hydrogens is 480 g/mol. The van der Waals surface area contributed by atoms with E-state index in [2.05, 4.69) is 4.98 Å². The molecule has 2 heterocycles. The van der Waals surface area contributed by atoms with E-state index in [1.54, 1.807) is 60.9 Å². The number of hydrogen-bond donors (Lipinski definition) is 1. The molecule has 1 aromatic heterocycles. The largest absolute Gasteiger partial charge is 0.507 e. The number of ether oxygens (including phenoxy) is 2. The van der Waals surface area contributed by atoms with Crippen LogP contribution in [0.25, 0.3) is 5.76 Å². The van der Waals surface area contributed by atoms with Gasteiger partial charge >= 0.3 is 0 Å². The lowest BCUT2D eigenvalue weighted by Crippen LogP contribution is -2.29. The number of rotatable bonds is 8. The Bertz CT molecular complexity index is 1480. The first-order valence-corrected chi connectivity index (χ1v) is 12.3. The van der Waals surface area contributed by atoms with E-state index >= 15 is 0 Å². The van der Waals surface area contributed by atoms with Crippen molar-refractivity contribution in [2.24, 2.45) is 0 Å². The van der Waals surface area contributed by atoms with Gasteiger partial charge in [0.2, 0.25) is 0 Å². The van der Waals surface area contributed by atoms with E-state index in [0.717, 1.165) is 5.56 Å². The van der Waals surface area contributed by atoms with Crippen molar-refractivity contribution >= 4 is 17.4 Å². The van der Waals surface area contributed by atoms with E-state index in [-0.39, 0.29) is 17.9 Å². The van der Waals surface area contributed by atoms with Gasteiger partial charge in [0, 0.05) is 24.5 Å². The molecule has 1 saturated heterocycles. The number of carbonyl (C=O) groups is 2. The zero-order valence-corrected chi connectivity index (χ0v) is 20.8. The Morgan fingerprint density at radius 3 is 2.42 bits per heavy atom. The van der Waals surface area contributed by atoms with Crippen LogP contribution in [0.2, 0.25) is 0 Å². The second kappa shape index (κ2) is 11.0. The van der Waals surface area contributed by atoms with Crippen LogP contribution in [-0.2, 0) is 16.1 Å². The van der Waals surface area contributed by atoms with Gasteiger partial charge in [0.15, 0.2) is 0 Å². The molecule has 4 aromatic rings. The van der Waals surface area contributed by atoms with Crippen LogP contribution in [0.15, 0.2) is 109 Å². The molecular formula is C31H26N2O5.